The Hall–Kier alpha value is -2.96. The third kappa shape index (κ3) is 5.28. The number of piperidine rings is 1. The zero-order valence-corrected chi connectivity index (χ0v) is 16.6. The van der Waals surface area contributed by atoms with Crippen LogP contribution in [0.2, 0.25) is 0 Å². The molecular weight excluding hydrogens is 354 g/mol. The van der Waals surface area contributed by atoms with Gasteiger partial charge in [0.25, 0.3) is 11.8 Å². The van der Waals surface area contributed by atoms with Gasteiger partial charge in [0.1, 0.15) is 0 Å². The topological polar surface area (TPSA) is 87.2 Å². The van der Waals surface area contributed by atoms with E-state index < -0.39 is 0 Å². The average molecular weight is 381 g/mol. The molecule has 148 valence electrons. The number of rotatable bonds is 4. The Labute approximate surface area is 165 Å². The number of hydrogen-bond donors (Lipinski definition) is 2. The monoisotopic (exact) mass is 381 g/mol. The number of nitrogens with one attached hydrogen (secondary N) is 2. The summed E-state index contributed by atoms with van der Waals surface area (Å²) < 4.78 is 0. The van der Waals surface area contributed by atoms with Gasteiger partial charge >= 0.3 is 0 Å². The third-order valence-electron chi connectivity index (χ3n) is 4.49. The lowest BCUT2D eigenvalue weighted by atomic mass is 10.0. The SMILES string of the molecule is CC(C)(C)NC(=O)c1ccc(C(=O)NC2CCCN(c3ncccn3)C2)cc1. The van der Waals surface area contributed by atoms with Crippen LogP contribution in [0.15, 0.2) is 42.7 Å². The standard InChI is InChI=1S/C21H27N5O2/c1-21(2,3)25-19(28)16-9-7-15(8-10-16)18(27)24-17-6-4-13-26(14-17)20-22-11-5-12-23-20/h5,7-12,17H,4,6,13-14H2,1-3H3,(H,24,27)(H,25,28). The van der Waals surface area contributed by atoms with Crippen LogP contribution in [0.5, 0.6) is 0 Å². The molecule has 2 N–H and O–H groups in total. The number of hydrogen-bond acceptors (Lipinski definition) is 5. The molecule has 7 nitrogen and oxygen atoms in total. The quantitative estimate of drug-likeness (QED) is 0.849. The van der Waals surface area contributed by atoms with Gasteiger partial charge in [-0.25, -0.2) is 9.97 Å². The second-order valence-electron chi connectivity index (χ2n) is 8.09. The Kier molecular flexibility index (Phi) is 5.92. The highest BCUT2D eigenvalue weighted by atomic mass is 16.2. The minimum Gasteiger partial charge on any atom is -0.348 e. The first kappa shape index (κ1) is 19.8. The van der Waals surface area contributed by atoms with E-state index in [9.17, 15) is 9.59 Å². The van der Waals surface area contributed by atoms with Crippen LogP contribution < -0.4 is 15.5 Å². The average Bonchev–Trinajstić information content (AvgIpc) is 2.68. The van der Waals surface area contributed by atoms with Gasteiger partial charge in [-0.15, -0.1) is 0 Å². The third-order valence-corrected chi connectivity index (χ3v) is 4.49. The van der Waals surface area contributed by atoms with E-state index in [1.54, 1.807) is 42.7 Å². The summed E-state index contributed by atoms with van der Waals surface area (Å²) in [5.74, 6) is 0.407. The molecule has 0 aliphatic carbocycles. The molecule has 0 saturated carbocycles. The van der Waals surface area contributed by atoms with Crippen molar-refractivity contribution >= 4 is 17.8 Å². The maximum Gasteiger partial charge on any atom is 0.251 e. The molecule has 1 aliphatic heterocycles. The molecule has 1 fully saturated rings. The zero-order valence-electron chi connectivity index (χ0n) is 16.6. The maximum absolute atomic E-state index is 12.6. The van der Waals surface area contributed by atoms with Crippen LogP contribution in [0.4, 0.5) is 5.95 Å². The predicted molar refractivity (Wildman–Crippen MR) is 108 cm³/mol. The van der Waals surface area contributed by atoms with Crippen molar-refractivity contribution < 1.29 is 9.59 Å². The van der Waals surface area contributed by atoms with Crippen LogP contribution in [0.25, 0.3) is 0 Å². The summed E-state index contributed by atoms with van der Waals surface area (Å²) in [6, 6.07) is 8.57. The van der Waals surface area contributed by atoms with Crippen LogP contribution in [0, 0.1) is 0 Å². The summed E-state index contributed by atoms with van der Waals surface area (Å²) in [6.07, 6.45) is 5.33. The molecule has 2 aromatic rings. The van der Waals surface area contributed by atoms with Gasteiger partial charge in [0.05, 0.1) is 0 Å². The Morgan fingerprint density at radius 1 is 1.04 bits per heavy atom. The van der Waals surface area contributed by atoms with E-state index in [1.807, 2.05) is 20.8 Å². The van der Waals surface area contributed by atoms with E-state index >= 15 is 0 Å². The second-order valence-corrected chi connectivity index (χ2v) is 8.09. The molecule has 7 heteroatoms. The smallest absolute Gasteiger partial charge is 0.251 e. The van der Waals surface area contributed by atoms with Crippen LogP contribution >= 0.6 is 0 Å². The first-order valence-electron chi connectivity index (χ1n) is 9.57. The summed E-state index contributed by atoms with van der Waals surface area (Å²) >= 11 is 0. The molecule has 1 atom stereocenters. The van der Waals surface area contributed by atoms with Gasteiger partial charge < -0.3 is 15.5 Å². The maximum atomic E-state index is 12.6. The second kappa shape index (κ2) is 8.37. The summed E-state index contributed by atoms with van der Waals surface area (Å²) in [7, 11) is 0. The molecule has 2 heterocycles. The van der Waals surface area contributed by atoms with Gasteiger partial charge in [0.2, 0.25) is 5.95 Å². The number of benzene rings is 1. The lowest BCUT2D eigenvalue weighted by Gasteiger charge is -2.33. The molecule has 0 spiro atoms. The predicted octanol–water partition coefficient (Wildman–Crippen LogP) is 2.40. The van der Waals surface area contributed by atoms with E-state index in [0.29, 0.717) is 23.6 Å². The summed E-state index contributed by atoms with van der Waals surface area (Å²) in [6.45, 7) is 7.36. The number of nitrogens with zero attached hydrogens (tertiary/aromatic N) is 3. The number of anilines is 1. The first-order chi connectivity index (χ1) is 13.3. The van der Waals surface area contributed by atoms with Crippen molar-refractivity contribution in [1.29, 1.82) is 0 Å². The highest BCUT2D eigenvalue weighted by Crippen LogP contribution is 2.16. The Bertz CT molecular complexity index is 815. The fourth-order valence-corrected chi connectivity index (χ4v) is 3.19. The molecule has 28 heavy (non-hydrogen) atoms. The van der Waals surface area contributed by atoms with Gasteiger partial charge in [-0.2, -0.15) is 0 Å². The minimum atomic E-state index is -0.303. The number of aromatic nitrogens is 2. The van der Waals surface area contributed by atoms with Crippen molar-refractivity contribution in [1.82, 2.24) is 20.6 Å². The van der Waals surface area contributed by atoms with Crippen molar-refractivity contribution in [2.45, 2.75) is 45.2 Å². The zero-order chi connectivity index (χ0) is 20.1. The van der Waals surface area contributed by atoms with Crippen molar-refractivity contribution in [3.8, 4) is 0 Å². The van der Waals surface area contributed by atoms with E-state index in [-0.39, 0.29) is 23.4 Å². The number of carbonyl (C=O) groups is 2. The largest absolute Gasteiger partial charge is 0.348 e. The highest BCUT2D eigenvalue weighted by molar-refractivity contribution is 5.98. The fourth-order valence-electron chi connectivity index (χ4n) is 3.19. The van der Waals surface area contributed by atoms with Crippen LogP contribution in [0.3, 0.4) is 0 Å². The number of amides is 2. The highest BCUT2D eigenvalue weighted by Gasteiger charge is 2.23. The van der Waals surface area contributed by atoms with Gasteiger partial charge in [0.15, 0.2) is 0 Å². The Morgan fingerprint density at radius 2 is 1.64 bits per heavy atom. The molecule has 1 aliphatic rings. The minimum absolute atomic E-state index is 0.0360. The molecule has 0 bridgehead atoms. The molecule has 3 rings (SSSR count). The van der Waals surface area contributed by atoms with Crippen LogP contribution in [-0.2, 0) is 0 Å². The normalized spacial score (nSPS) is 17.1. The van der Waals surface area contributed by atoms with Crippen molar-refractivity contribution in [3.63, 3.8) is 0 Å². The fraction of sp³-hybridized carbons (Fsp3) is 0.429. The number of carbonyl (C=O) groups excluding carboxylic acids is 2. The molecule has 0 radical (unpaired) electrons. The van der Waals surface area contributed by atoms with E-state index in [0.717, 1.165) is 19.4 Å². The first-order valence-corrected chi connectivity index (χ1v) is 9.57. The van der Waals surface area contributed by atoms with Gasteiger partial charge in [-0.05, 0) is 63.9 Å². The van der Waals surface area contributed by atoms with E-state index in [2.05, 4.69) is 25.5 Å². The summed E-state index contributed by atoms with van der Waals surface area (Å²) in [5.41, 5.74) is 0.777. The molecule has 2 amide bonds. The van der Waals surface area contributed by atoms with Crippen molar-refractivity contribution in [2.75, 3.05) is 18.0 Å². The van der Waals surface area contributed by atoms with Gasteiger partial charge in [-0.1, -0.05) is 0 Å². The lowest BCUT2D eigenvalue weighted by Crippen LogP contribution is -2.48. The van der Waals surface area contributed by atoms with Crippen LogP contribution in [-0.4, -0.2) is 46.5 Å². The molecule has 1 aromatic heterocycles. The Morgan fingerprint density at radius 3 is 2.25 bits per heavy atom. The van der Waals surface area contributed by atoms with Crippen molar-refractivity contribution in [2.24, 2.45) is 0 Å². The molecule has 1 unspecified atom stereocenters. The lowest BCUT2D eigenvalue weighted by molar-refractivity contribution is 0.0912. The van der Waals surface area contributed by atoms with Gasteiger partial charge in [-0.3, -0.25) is 9.59 Å². The van der Waals surface area contributed by atoms with Crippen LogP contribution in [0.1, 0.15) is 54.3 Å². The summed E-state index contributed by atoms with van der Waals surface area (Å²) in [4.78, 5) is 35.5. The van der Waals surface area contributed by atoms with E-state index in [1.165, 1.54) is 0 Å². The Balaban J connectivity index is 1.59. The molecule has 1 aromatic carbocycles. The molecule has 1 saturated heterocycles. The summed E-state index contributed by atoms with van der Waals surface area (Å²) in [5, 5.41) is 6.00. The van der Waals surface area contributed by atoms with Crippen molar-refractivity contribution in [3.05, 3.63) is 53.9 Å². The van der Waals surface area contributed by atoms with Gasteiger partial charge in [0, 0.05) is 48.2 Å². The molecular formula is C21H27N5O2. The van der Waals surface area contributed by atoms with E-state index in [4.69, 9.17) is 0 Å².